The van der Waals surface area contributed by atoms with Crippen molar-refractivity contribution >= 4 is 57.2 Å². The lowest BCUT2D eigenvalue weighted by atomic mass is 10.2. The number of likely N-dealkylation sites (tertiary alicyclic amines) is 1. The number of hydrogen-bond acceptors (Lipinski definition) is 5. The highest BCUT2D eigenvalue weighted by Gasteiger charge is 2.40. The summed E-state index contributed by atoms with van der Waals surface area (Å²) in [4.78, 5) is 46.2. The summed E-state index contributed by atoms with van der Waals surface area (Å²) in [5.41, 5.74) is 7.08. The topological polar surface area (TPSA) is 139 Å². The number of halogens is 2. The van der Waals surface area contributed by atoms with Gasteiger partial charge in [-0.2, -0.15) is 5.10 Å². The van der Waals surface area contributed by atoms with Gasteiger partial charge in [-0.25, -0.2) is 9.37 Å². The van der Waals surface area contributed by atoms with Crippen LogP contribution in [0, 0.1) is 0 Å². The van der Waals surface area contributed by atoms with Crippen LogP contribution >= 0.6 is 11.6 Å². The number of nitrogens with zero attached hydrogens (tertiary/aromatic N) is 4. The highest BCUT2D eigenvalue weighted by atomic mass is 35.5. The number of carbonyl (C=O) groups is 3. The summed E-state index contributed by atoms with van der Waals surface area (Å²) >= 11 is 6.13. The van der Waals surface area contributed by atoms with Crippen molar-refractivity contribution in [1.82, 2.24) is 24.6 Å². The third kappa shape index (κ3) is 3.83. The summed E-state index contributed by atoms with van der Waals surface area (Å²) in [6, 6.07) is 10.9. The highest BCUT2D eigenvalue weighted by molar-refractivity contribution is 6.35. The Morgan fingerprint density at radius 1 is 1.21 bits per heavy atom. The first-order chi connectivity index (χ1) is 16.3. The van der Waals surface area contributed by atoms with Gasteiger partial charge in [-0.3, -0.25) is 24.4 Å². The van der Waals surface area contributed by atoms with Gasteiger partial charge in [0.15, 0.2) is 5.69 Å². The Kier molecular flexibility index (Phi) is 5.40. The Morgan fingerprint density at radius 3 is 2.76 bits per heavy atom. The van der Waals surface area contributed by atoms with Crippen molar-refractivity contribution in [3.05, 3.63) is 53.2 Å². The third-order valence-electron chi connectivity index (χ3n) is 5.76. The molecule has 0 aliphatic carbocycles. The molecule has 1 saturated heterocycles. The molecule has 1 fully saturated rings. The van der Waals surface area contributed by atoms with E-state index in [9.17, 15) is 18.8 Å². The minimum Gasteiger partial charge on any atom is -0.364 e. The quantitative estimate of drug-likeness (QED) is 0.399. The van der Waals surface area contributed by atoms with Gasteiger partial charge < -0.3 is 15.6 Å². The number of para-hydroxylation sites is 2. The van der Waals surface area contributed by atoms with E-state index in [4.69, 9.17) is 17.3 Å². The number of fused-ring (bicyclic) bond motifs is 2. The molecule has 0 saturated carbocycles. The molecule has 3 amide bonds. The Balaban J connectivity index is 1.37. The van der Waals surface area contributed by atoms with Crippen molar-refractivity contribution in [2.75, 3.05) is 11.9 Å². The molecule has 0 unspecified atom stereocenters. The molecular weight excluding hydrogens is 465 g/mol. The average molecular weight is 484 g/mol. The summed E-state index contributed by atoms with van der Waals surface area (Å²) < 4.78 is 15.6. The Labute approximate surface area is 196 Å². The number of nitrogens with one attached hydrogen (secondary N) is 2. The number of imidazole rings is 1. The fraction of sp³-hybridized carbons (Fsp3) is 0.227. The molecule has 3 heterocycles. The van der Waals surface area contributed by atoms with Gasteiger partial charge in [-0.15, -0.1) is 0 Å². The Hall–Kier alpha value is -3.99. The van der Waals surface area contributed by atoms with Crippen LogP contribution in [0.5, 0.6) is 0 Å². The van der Waals surface area contributed by atoms with Crippen LogP contribution in [0.1, 0.15) is 16.9 Å². The number of aromatic amines is 1. The van der Waals surface area contributed by atoms with Crippen molar-refractivity contribution in [1.29, 1.82) is 0 Å². The minimum atomic E-state index is -1.36. The number of primary amides is 1. The molecule has 10 nitrogen and oxygen atoms in total. The van der Waals surface area contributed by atoms with E-state index in [-0.39, 0.29) is 31.2 Å². The molecule has 12 heteroatoms. The van der Waals surface area contributed by atoms with E-state index in [1.807, 2.05) is 0 Å². The second-order valence-electron chi connectivity index (χ2n) is 7.99. The van der Waals surface area contributed by atoms with Crippen molar-refractivity contribution in [3.63, 3.8) is 0 Å². The molecule has 2 atom stereocenters. The lowest BCUT2D eigenvalue weighted by Crippen LogP contribution is -2.44. The molecule has 1 aliphatic rings. The van der Waals surface area contributed by atoms with E-state index < -0.39 is 29.9 Å². The molecule has 2 aromatic carbocycles. The van der Waals surface area contributed by atoms with Crippen molar-refractivity contribution in [2.24, 2.45) is 5.73 Å². The summed E-state index contributed by atoms with van der Waals surface area (Å²) in [5.74, 6) is -1.67. The largest absolute Gasteiger partial charge is 0.364 e. The standard InChI is InChI=1S/C22H19ClFN7O3/c23-13-5-3-6-14-19(13)27-22(26-14)28-21(34)16-8-11(24)9-30(16)17(32)10-31-15-7-2-1-4-12(15)18(29-31)20(25)33/h1-7,11,16H,8-10H2,(H2,25,33)(H2,26,27,28,34)/t11-,16+/m1/s1. The first-order valence-electron chi connectivity index (χ1n) is 10.5. The number of nitrogens with two attached hydrogens (primary N) is 1. The number of H-pyrrole nitrogens is 1. The van der Waals surface area contributed by atoms with Gasteiger partial charge in [0.1, 0.15) is 18.8 Å². The highest BCUT2D eigenvalue weighted by Crippen LogP contribution is 2.26. The van der Waals surface area contributed by atoms with Gasteiger partial charge in [0.2, 0.25) is 17.8 Å². The van der Waals surface area contributed by atoms with Crippen molar-refractivity contribution in [2.45, 2.75) is 25.2 Å². The maximum Gasteiger partial charge on any atom is 0.269 e. The van der Waals surface area contributed by atoms with Gasteiger partial charge >= 0.3 is 0 Å². The van der Waals surface area contributed by atoms with Gasteiger partial charge in [-0.05, 0) is 18.2 Å². The monoisotopic (exact) mass is 483 g/mol. The number of benzene rings is 2. The third-order valence-corrected chi connectivity index (χ3v) is 6.07. The molecule has 0 spiro atoms. The van der Waals surface area contributed by atoms with Crippen molar-refractivity contribution < 1.29 is 18.8 Å². The molecule has 174 valence electrons. The predicted molar refractivity (Wildman–Crippen MR) is 123 cm³/mol. The molecule has 2 aromatic heterocycles. The van der Waals surface area contributed by atoms with Crippen LogP contribution in [0.15, 0.2) is 42.5 Å². The fourth-order valence-electron chi connectivity index (χ4n) is 4.21. The maximum atomic E-state index is 14.3. The van der Waals surface area contributed by atoms with E-state index in [0.29, 0.717) is 27.0 Å². The summed E-state index contributed by atoms with van der Waals surface area (Å²) in [6.45, 7) is -0.519. The molecular formula is C22H19ClFN7O3. The summed E-state index contributed by atoms with van der Waals surface area (Å²) in [5, 5.41) is 7.72. The minimum absolute atomic E-state index is 0.0334. The van der Waals surface area contributed by atoms with Crippen LogP contribution in [0.3, 0.4) is 0 Å². The lowest BCUT2D eigenvalue weighted by molar-refractivity contribution is -0.137. The zero-order valence-electron chi connectivity index (χ0n) is 17.7. The number of alkyl halides is 1. The number of rotatable bonds is 5. The Bertz CT molecular complexity index is 1450. The molecule has 1 aliphatic heterocycles. The molecule has 4 N–H and O–H groups in total. The van der Waals surface area contributed by atoms with E-state index in [2.05, 4.69) is 20.4 Å². The van der Waals surface area contributed by atoms with Crippen LogP contribution < -0.4 is 11.1 Å². The van der Waals surface area contributed by atoms with Crippen LogP contribution in [0.4, 0.5) is 10.3 Å². The van der Waals surface area contributed by atoms with E-state index >= 15 is 0 Å². The van der Waals surface area contributed by atoms with Gasteiger partial charge in [0.05, 0.1) is 28.1 Å². The van der Waals surface area contributed by atoms with Gasteiger partial charge in [0.25, 0.3) is 5.91 Å². The number of aromatic nitrogens is 4. The zero-order valence-corrected chi connectivity index (χ0v) is 18.4. The van der Waals surface area contributed by atoms with E-state index in [0.717, 1.165) is 0 Å². The van der Waals surface area contributed by atoms with Crippen molar-refractivity contribution in [3.8, 4) is 0 Å². The number of hydrogen-bond donors (Lipinski definition) is 3. The smallest absolute Gasteiger partial charge is 0.269 e. The molecule has 0 bridgehead atoms. The lowest BCUT2D eigenvalue weighted by Gasteiger charge is -2.23. The van der Waals surface area contributed by atoms with Gasteiger partial charge in [-0.1, -0.05) is 35.9 Å². The molecule has 4 aromatic rings. The normalized spacial score (nSPS) is 18.0. The SMILES string of the molecule is NC(=O)c1nn(CC(=O)N2C[C@H](F)C[C@H]2C(=O)Nc2nc3cccc(Cl)c3[nH]2)c2ccccc12. The van der Waals surface area contributed by atoms with Crippen LogP contribution in [-0.4, -0.2) is 61.1 Å². The second kappa shape index (κ2) is 8.41. The number of carbonyl (C=O) groups excluding carboxylic acids is 3. The maximum absolute atomic E-state index is 14.3. The van der Waals surface area contributed by atoms with Gasteiger partial charge in [0, 0.05) is 11.8 Å². The average Bonchev–Trinajstić information content (AvgIpc) is 3.49. The predicted octanol–water partition coefficient (Wildman–Crippen LogP) is 2.24. The zero-order chi connectivity index (χ0) is 24.0. The first kappa shape index (κ1) is 21.8. The van der Waals surface area contributed by atoms with Crippen LogP contribution in [0.2, 0.25) is 5.02 Å². The molecule has 0 radical (unpaired) electrons. The Morgan fingerprint density at radius 2 is 2.00 bits per heavy atom. The van der Waals surface area contributed by atoms with E-state index in [1.165, 1.54) is 9.58 Å². The fourth-order valence-corrected chi connectivity index (χ4v) is 4.43. The van der Waals surface area contributed by atoms with E-state index in [1.54, 1.807) is 42.5 Å². The first-order valence-corrected chi connectivity index (χ1v) is 10.8. The summed E-state index contributed by atoms with van der Waals surface area (Å²) in [7, 11) is 0. The van der Waals surface area contributed by atoms with Crippen LogP contribution in [0.25, 0.3) is 21.9 Å². The molecule has 5 rings (SSSR count). The number of amides is 3. The summed E-state index contributed by atoms with van der Waals surface area (Å²) in [6.07, 6.45) is -1.51. The number of anilines is 1. The molecule has 34 heavy (non-hydrogen) atoms. The van der Waals surface area contributed by atoms with Crippen LogP contribution in [-0.2, 0) is 16.1 Å². The second-order valence-corrected chi connectivity index (χ2v) is 8.40.